The summed E-state index contributed by atoms with van der Waals surface area (Å²) < 4.78 is 31.6. The highest BCUT2D eigenvalue weighted by Gasteiger charge is 2.07. The molecule has 0 heterocycles. The molecule has 6 heteroatoms. The first kappa shape index (κ1) is 24.1. The Kier molecular flexibility index (Phi) is 17.2. The maximum absolute atomic E-state index is 9.00. The van der Waals surface area contributed by atoms with Gasteiger partial charge in [0.1, 0.15) is 0 Å². The zero-order chi connectivity index (χ0) is 17.4. The third kappa shape index (κ3) is 28.1. The lowest BCUT2D eigenvalue weighted by atomic mass is 9.93. The van der Waals surface area contributed by atoms with E-state index >= 15 is 0 Å². The summed E-state index contributed by atoms with van der Waals surface area (Å²) in [5.74, 6) is 1.27. The Morgan fingerprint density at radius 3 is 1.64 bits per heavy atom. The van der Waals surface area contributed by atoms with Crippen LogP contribution >= 0.6 is 0 Å². The van der Waals surface area contributed by atoms with E-state index in [9.17, 15) is 0 Å². The van der Waals surface area contributed by atoms with Gasteiger partial charge in [0, 0.05) is 6.61 Å². The Morgan fingerprint density at radius 2 is 1.23 bits per heavy atom. The highest BCUT2D eigenvalue weighted by molar-refractivity contribution is 7.79. The van der Waals surface area contributed by atoms with Gasteiger partial charge in [0.05, 0.1) is 0 Å². The fourth-order valence-corrected chi connectivity index (χ4v) is 2.51. The van der Waals surface area contributed by atoms with Crippen molar-refractivity contribution in [2.24, 2.45) is 11.8 Å². The zero-order valence-electron chi connectivity index (χ0n) is 14.5. The van der Waals surface area contributed by atoms with Crippen molar-refractivity contribution in [1.29, 1.82) is 0 Å². The third-order valence-corrected chi connectivity index (χ3v) is 3.67. The molecule has 2 unspecified atom stereocenters. The molecule has 0 aromatic rings. The summed E-state index contributed by atoms with van der Waals surface area (Å²) in [6.07, 6.45) is 13.8. The minimum absolute atomic E-state index is 0.349. The second kappa shape index (κ2) is 15.7. The highest BCUT2D eigenvalue weighted by atomic mass is 32.3. The van der Waals surface area contributed by atoms with E-state index in [0.717, 1.165) is 5.92 Å². The number of hydrogen-bond acceptors (Lipinski definition) is 3. The molecular weight excluding hydrogens is 304 g/mol. The van der Waals surface area contributed by atoms with E-state index in [2.05, 4.69) is 20.8 Å². The van der Waals surface area contributed by atoms with Gasteiger partial charge in [-0.2, -0.15) is 8.42 Å². The molecule has 0 saturated carbocycles. The van der Waals surface area contributed by atoms with Crippen LogP contribution in [-0.2, 0) is 10.4 Å². The molecule has 5 nitrogen and oxygen atoms in total. The van der Waals surface area contributed by atoms with Crippen LogP contribution in [0.25, 0.3) is 0 Å². The zero-order valence-corrected chi connectivity index (χ0v) is 15.3. The molecular formula is C16H36O5S. The molecule has 22 heavy (non-hydrogen) atoms. The lowest BCUT2D eigenvalue weighted by Crippen LogP contribution is -2.06. The van der Waals surface area contributed by atoms with E-state index in [4.69, 9.17) is 22.6 Å². The monoisotopic (exact) mass is 340 g/mol. The average Bonchev–Trinajstić information content (AvgIpc) is 2.39. The first-order valence-corrected chi connectivity index (χ1v) is 9.91. The van der Waals surface area contributed by atoms with E-state index in [1.54, 1.807) is 0 Å². The third-order valence-electron chi connectivity index (χ3n) is 3.67. The normalized spacial score (nSPS) is 14.1. The molecule has 0 radical (unpaired) electrons. The van der Waals surface area contributed by atoms with Crippen molar-refractivity contribution in [3.63, 3.8) is 0 Å². The van der Waals surface area contributed by atoms with Gasteiger partial charge in [0.15, 0.2) is 0 Å². The van der Waals surface area contributed by atoms with Gasteiger partial charge in [-0.15, -0.1) is 0 Å². The molecule has 0 fully saturated rings. The Hall–Kier alpha value is -0.170. The van der Waals surface area contributed by atoms with Gasteiger partial charge in [-0.3, -0.25) is 9.11 Å². The lowest BCUT2D eigenvalue weighted by Gasteiger charge is -2.14. The number of hydrogen-bond donors (Lipinski definition) is 3. The van der Waals surface area contributed by atoms with Gasteiger partial charge in [-0.25, -0.2) is 0 Å². The predicted molar refractivity (Wildman–Crippen MR) is 91.4 cm³/mol. The summed E-state index contributed by atoms with van der Waals surface area (Å²) in [7, 11) is -4.67. The first-order chi connectivity index (χ1) is 10.2. The minimum atomic E-state index is -4.67. The van der Waals surface area contributed by atoms with Crippen molar-refractivity contribution in [2.45, 2.75) is 85.0 Å². The van der Waals surface area contributed by atoms with Gasteiger partial charge in [-0.05, 0) is 18.3 Å². The molecule has 2 atom stereocenters. The van der Waals surface area contributed by atoms with E-state index in [0.29, 0.717) is 12.5 Å². The van der Waals surface area contributed by atoms with Crippen molar-refractivity contribution in [2.75, 3.05) is 6.61 Å². The lowest BCUT2D eigenvalue weighted by molar-refractivity contribution is 0.212. The second-order valence-electron chi connectivity index (χ2n) is 6.34. The maximum Gasteiger partial charge on any atom is 0.394 e. The Balaban J connectivity index is 0. The van der Waals surface area contributed by atoms with Gasteiger partial charge in [0.2, 0.25) is 0 Å². The Bertz CT molecular complexity index is 308. The average molecular weight is 341 g/mol. The minimum Gasteiger partial charge on any atom is -0.396 e. The molecule has 136 valence electrons. The molecule has 0 saturated heterocycles. The Morgan fingerprint density at radius 1 is 0.818 bits per heavy atom. The SMILES string of the molecule is CCCCCCCCCCC(C)CC(C)CO.O=S(=O)(O)O. The van der Waals surface area contributed by atoms with Gasteiger partial charge in [-0.1, -0.05) is 78.6 Å². The molecule has 0 amide bonds. The van der Waals surface area contributed by atoms with E-state index < -0.39 is 10.4 Å². The van der Waals surface area contributed by atoms with E-state index in [-0.39, 0.29) is 0 Å². The predicted octanol–water partition coefficient (Wildman–Crippen LogP) is 4.52. The quantitative estimate of drug-likeness (QED) is 0.359. The smallest absolute Gasteiger partial charge is 0.394 e. The van der Waals surface area contributed by atoms with Crippen molar-refractivity contribution < 1.29 is 22.6 Å². The summed E-state index contributed by atoms with van der Waals surface area (Å²) in [6.45, 7) is 7.09. The van der Waals surface area contributed by atoms with Crippen LogP contribution in [0.3, 0.4) is 0 Å². The van der Waals surface area contributed by atoms with Gasteiger partial charge >= 0.3 is 10.4 Å². The summed E-state index contributed by atoms with van der Waals surface area (Å²) in [6, 6.07) is 0. The fourth-order valence-electron chi connectivity index (χ4n) is 2.51. The Labute approximate surface area is 137 Å². The van der Waals surface area contributed by atoms with Crippen LogP contribution in [0.5, 0.6) is 0 Å². The number of aliphatic hydroxyl groups excluding tert-OH is 1. The van der Waals surface area contributed by atoms with Crippen molar-refractivity contribution >= 4 is 10.4 Å². The largest absolute Gasteiger partial charge is 0.396 e. The van der Waals surface area contributed by atoms with Crippen LogP contribution in [0.2, 0.25) is 0 Å². The molecule has 0 aliphatic carbocycles. The van der Waals surface area contributed by atoms with Crippen LogP contribution in [0, 0.1) is 11.8 Å². The van der Waals surface area contributed by atoms with Crippen LogP contribution < -0.4 is 0 Å². The number of unbranched alkanes of at least 4 members (excludes halogenated alkanes) is 7. The van der Waals surface area contributed by atoms with Crippen LogP contribution in [-0.4, -0.2) is 29.2 Å². The van der Waals surface area contributed by atoms with E-state index in [1.807, 2.05) is 0 Å². The number of rotatable bonds is 12. The molecule has 0 aromatic carbocycles. The number of aliphatic hydroxyl groups is 1. The van der Waals surface area contributed by atoms with Crippen LogP contribution in [0.4, 0.5) is 0 Å². The maximum atomic E-state index is 9.00. The summed E-state index contributed by atoms with van der Waals surface area (Å²) >= 11 is 0. The molecule has 0 aliphatic rings. The molecule has 0 aromatic heterocycles. The van der Waals surface area contributed by atoms with Crippen LogP contribution in [0.15, 0.2) is 0 Å². The summed E-state index contributed by atoms with van der Waals surface area (Å²) in [4.78, 5) is 0. The topological polar surface area (TPSA) is 94.8 Å². The van der Waals surface area contributed by atoms with Crippen molar-refractivity contribution in [3.05, 3.63) is 0 Å². The standard InChI is InChI=1S/C16H34O.H2O4S/c1-4-5-6-7-8-9-10-11-12-15(2)13-16(3)14-17;1-5(2,3)4/h15-17H,4-14H2,1-3H3;(H2,1,2,3,4). The highest BCUT2D eigenvalue weighted by Crippen LogP contribution is 2.18. The van der Waals surface area contributed by atoms with Crippen molar-refractivity contribution in [3.8, 4) is 0 Å². The first-order valence-electron chi connectivity index (χ1n) is 8.51. The van der Waals surface area contributed by atoms with E-state index in [1.165, 1.54) is 64.2 Å². The van der Waals surface area contributed by atoms with Gasteiger partial charge < -0.3 is 5.11 Å². The van der Waals surface area contributed by atoms with Crippen LogP contribution in [0.1, 0.15) is 85.0 Å². The molecule has 3 N–H and O–H groups in total. The fraction of sp³-hybridized carbons (Fsp3) is 1.00. The van der Waals surface area contributed by atoms with Crippen molar-refractivity contribution in [1.82, 2.24) is 0 Å². The molecule has 0 aliphatic heterocycles. The summed E-state index contributed by atoms with van der Waals surface area (Å²) in [5, 5.41) is 9.00. The van der Waals surface area contributed by atoms with Gasteiger partial charge in [0.25, 0.3) is 0 Å². The second-order valence-corrected chi connectivity index (χ2v) is 7.24. The molecule has 0 rings (SSSR count). The molecule has 0 bridgehead atoms. The summed E-state index contributed by atoms with van der Waals surface area (Å²) in [5.41, 5.74) is 0. The molecule has 0 spiro atoms.